The van der Waals surface area contributed by atoms with Gasteiger partial charge in [0.25, 0.3) is 0 Å². The molecule has 3 nitrogen and oxygen atoms in total. The second-order valence-electron chi connectivity index (χ2n) is 3.75. The predicted molar refractivity (Wildman–Crippen MR) is 53.8 cm³/mol. The van der Waals surface area contributed by atoms with Crippen molar-refractivity contribution in [2.24, 2.45) is 0 Å². The van der Waals surface area contributed by atoms with Crippen LogP contribution in [0.4, 0.5) is 5.69 Å². The summed E-state index contributed by atoms with van der Waals surface area (Å²) in [5.41, 5.74) is 2.13. The lowest BCUT2D eigenvalue weighted by Gasteiger charge is -2.23. The number of amides is 1. The number of likely N-dealkylation sites (N-methyl/N-ethyl adjacent to an activating group) is 1. The molecule has 0 saturated heterocycles. The van der Waals surface area contributed by atoms with Crippen LogP contribution >= 0.6 is 0 Å². The van der Waals surface area contributed by atoms with E-state index in [4.69, 9.17) is 0 Å². The molecule has 0 aromatic heterocycles. The first kappa shape index (κ1) is 9.09. The second-order valence-corrected chi connectivity index (χ2v) is 3.75. The van der Waals surface area contributed by atoms with Gasteiger partial charge in [-0.15, -0.1) is 0 Å². The first-order valence-electron chi connectivity index (χ1n) is 4.62. The Bertz CT molecular complexity index is 400. The Morgan fingerprint density at radius 1 is 1.43 bits per heavy atom. The van der Waals surface area contributed by atoms with Crippen LogP contribution in [0, 0.1) is 0 Å². The number of hydrogen-bond acceptors (Lipinski definition) is 2. The average Bonchev–Trinajstić information content (AvgIpc) is 2.58. The summed E-state index contributed by atoms with van der Waals surface area (Å²) in [7, 11) is 1.79. The number of rotatable bonds is 1. The van der Waals surface area contributed by atoms with Gasteiger partial charge in [0.05, 0.1) is 13.6 Å². The highest BCUT2D eigenvalue weighted by atomic mass is 16.2. The lowest BCUT2D eigenvalue weighted by molar-refractivity contribution is -0.136. The highest BCUT2D eigenvalue weighted by Crippen LogP contribution is 2.32. The van der Waals surface area contributed by atoms with E-state index in [0.29, 0.717) is 12.8 Å². The molecule has 14 heavy (non-hydrogen) atoms. The zero-order chi connectivity index (χ0) is 10.2. The van der Waals surface area contributed by atoms with Gasteiger partial charge in [-0.3, -0.25) is 4.79 Å². The topological polar surface area (TPSA) is 34.1 Å². The van der Waals surface area contributed by atoms with Crippen LogP contribution in [0.3, 0.4) is 0 Å². The third-order valence-corrected chi connectivity index (χ3v) is 2.94. The molecule has 0 radical (unpaired) electrons. The Kier molecular flexibility index (Phi) is 1.97. The lowest BCUT2D eigenvalue weighted by Crippen LogP contribution is -2.49. The number of para-hydroxylation sites is 1. The normalized spacial score (nSPS) is 24.4. The maximum atomic E-state index is 11.5. The largest absolute Gasteiger partial charge is 0.383 e. The zero-order valence-electron chi connectivity index (χ0n) is 8.06. The van der Waals surface area contributed by atoms with E-state index in [0.717, 1.165) is 12.1 Å². The van der Waals surface area contributed by atoms with E-state index in [1.165, 1.54) is 5.56 Å². The van der Waals surface area contributed by atoms with Gasteiger partial charge in [0.2, 0.25) is 6.29 Å². The summed E-state index contributed by atoms with van der Waals surface area (Å²) in [5.74, 6) is -0.366. The van der Waals surface area contributed by atoms with Crippen molar-refractivity contribution in [1.82, 2.24) is 4.48 Å². The van der Waals surface area contributed by atoms with Crippen LogP contribution in [-0.4, -0.2) is 25.8 Å². The summed E-state index contributed by atoms with van der Waals surface area (Å²) in [6, 6.07) is 7.79. The minimum absolute atomic E-state index is 0.125. The summed E-state index contributed by atoms with van der Waals surface area (Å²) >= 11 is 0. The van der Waals surface area contributed by atoms with Crippen LogP contribution in [0.1, 0.15) is 5.56 Å². The molecular formula is C11H12NO2+. The third kappa shape index (κ3) is 1.09. The zero-order valence-corrected chi connectivity index (χ0v) is 8.06. The van der Waals surface area contributed by atoms with Crippen LogP contribution in [0.2, 0.25) is 0 Å². The van der Waals surface area contributed by atoms with Crippen LogP contribution in [0.5, 0.6) is 0 Å². The van der Waals surface area contributed by atoms with Gasteiger partial charge in [-0.2, -0.15) is 0 Å². The van der Waals surface area contributed by atoms with Gasteiger partial charge in [-0.1, -0.05) is 18.2 Å². The average molecular weight is 190 g/mol. The van der Waals surface area contributed by atoms with Crippen LogP contribution in [-0.2, 0) is 16.0 Å². The van der Waals surface area contributed by atoms with Gasteiger partial charge in [0.1, 0.15) is 5.69 Å². The monoisotopic (exact) mass is 190 g/mol. The Labute approximate surface area is 82.5 Å². The highest BCUT2D eigenvalue weighted by molar-refractivity contribution is 6.28. The molecule has 3 heteroatoms. The summed E-state index contributed by atoms with van der Waals surface area (Å²) in [4.78, 5) is 22.0. The number of fused-ring (bicyclic) bond motifs is 1. The van der Waals surface area contributed by atoms with Crippen molar-refractivity contribution in [2.75, 3.05) is 13.6 Å². The van der Waals surface area contributed by atoms with Gasteiger partial charge >= 0.3 is 5.91 Å². The number of quaternary nitrogens is 1. The fourth-order valence-corrected chi connectivity index (χ4v) is 2.01. The smallest absolute Gasteiger partial charge is 0.288 e. The first-order chi connectivity index (χ1) is 6.68. The predicted octanol–water partition coefficient (Wildman–Crippen LogP) is 0.905. The molecule has 0 N–H and O–H groups in total. The summed E-state index contributed by atoms with van der Waals surface area (Å²) in [6.45, 7) is 0.691. The SMILES string of the molecule is C[N+]1(C(=O)C=O)CCc2ccccc21. The number of carbonyl (C=O) groups is 2. The Balaban J connectivity index is 2.52. The molecule has 2 rings (SSSR count). The fourth-order valence-electron chi connectivity index (χ4n) is 2.01. The van der Waals surface area contributed by atoms with Crippen LogP contribution in [0.25, 0.3) is 0 Å². The molecular weight excluding hydrogens is 178 g/mol. The number of benzene rings is 1. The minimum Gasteiger partial charge on any atom is -0.288 e. The van der Waals surface area contributed by atoms with Gasteiger partial charge in [-0.05, 0) is 6.07 Å². The number of nitrogens with zero attached hydrogens (tertiary/aromatic N) is 1. The van der Waals surface area contributed by atoms with Gasteiger partial charge in [-0.25, -0.2) is 9.28 Å². The molecule has 0 aliphatic carbocycles. The van der Waals surface area contributed by atoms with Crippen molar-refractivity contribution in [3.8, 4) is 0 Å². The van der Waals surface area contributed by atoms with Crippen molar-refractivity contribution in [1.29, 1.82) is 0 Å². The molecule has 0 spiro atoms. The van der Waals surface area contributed by atoms with Crippen LogP contribution in [0.15, 0.2) is 24.3 Å². The summed E-state index contributed by atoms with van der Waals surface area (Å²) < 4.78 is 0.125. The Hall–Kier alpha value is -1.48. The van der Waals surface area contributed by atoms with E-state index in [1.54, 1.807) is 7.05 Å². The molecule has 1 aliphatic rings. The van der Waals surface area contributed by atoms with E-state index in [2.05, 4.69) is 0 Å². The molecule has 1 amide bonds. The van der Waals surface area contributed by atoms with E-state index in [9.17, 15) is 9.59 Å². The summed E-state index contributed by atoms with van der Waals surface area (Å²) in [6.07, 6.45) is 1.29. The Morgan fingerprint density at radius 2 is 2.14 bits per heavy atom. The van der Waals surface area contributed by atoms with E-state index >= 15 is 0 Å². The molecule has 1 unspecified atom stereocenters. The van der Waals surface area contributed by atoms with Crippen LogP contribution < -0.4 is 4.48 Å². The molecule has 72 valence electrons. The second kappa shape index (κ2) is 3.03. The molecule has 1 aromatic rings. The van der Waals surface area contributed by atoms with E-state index in [1.807, 2.05) is 24.3 Å². The van der Waals surface area contributed by atoms with Crippen molar-refractivity contribution < 1.29 is 9.59 Å². The lowest BCUT2D eigenvalue weighted by atomic mass is 10.2. The molecule has 1 atom stereocenters. The molecule has 1 heterocycles. The minimum atomic E-state index is -0.366. The molecule has 1 aromatic carbocycles. The van der Waals surface area contributed by atoms with E-state index in [-0.39, 0.29) is 10.4 Å². The molecule has 0 saturated carbocycles. The third-order valence-electron chi connectivity index (χ3n) is 2.94. The maximum Gasteiger partial charge on any atom is 0.383 e. The van der Waals surface area contributed by atoms with E-state index < -0.39 is 0 Å². The molecule has 0 fully saturated rings. The maximum absolute atomic E-state index is 11.5. The fraction of sp³-hybridized carbons (Fsp3) is 0.273. The van der Waals surface area contributed by atoms with Crippen molar-refractivity contribution >= 4 is 17.9 Å². The van der Waals surface area contributed by atoms with Crippen molar-refractivity contribution in [2.45, 2.75) is 6.42 Å². The van der Waals surface area contributed by atoms with Crippen molar-refractivity contribution in [3.63, 3.8) is 0 Å². The quantitative estimate of drug-likeness (QED) is 0.374. The van der Waals surface area contributed by atoms with Gasteiger partial charge < -0.3 is 0 Å². The first-order valence-corrected chi connectivity index (χ1v) is 4.62. The standard InChI is InChI=1S/C11H12NO2/c1-12(11(14)8-13)7-6-9-4-2-3-5-10(9)12/h2-5,8H,6-7H2,1H3/q+1. The highest BCUT2D eigenvalue weighted by Gasteiger charge is 2.40. The van der Waals surface area contributed by atoms with Gasteiger partial charge in [0, 0.05) is 12.0 Å². The number of carbonyl (C=O) groups excluding carboxylic acids is 2. The Morgan fingerprint density at radius 3 is 2.86 bits per heavy atom. The summed E-state index contributed by atoms with van der Waals surface area (Å²) in [5, 5.41) is 0. The number of hydrogen-bond donors (Lipinski definition) is 0. The van der Waals surface area contributed by atoms with Gasteiger partial charge in [0.15, 0.2) is 0 Å². The molecule has 0 bridgehead atoms. The van der Waals surface area contributed by atoms with Crippen molar-refractivity contribution in [3.05, 3.63) is 29.8 Å². The number of aldehydes is 1. The molecule has 1 aliphatic heterocycles.